The highest BCUT2D eigenvalue weighted by Gasteiger charge is 1.92. The predicted octanol–water partition coefficient (Wildman–Crippen LogP) is 5.01. The Kier molecular flexibility index (Phi) is 22.3. The fourth-order valence-electron chi connectivity index (χ4n) is 1.94. The van der Waals surface area contributed by atoms with E-state index >= 15 is 0 Å². The van der Waals surface area contributed by atoms with Crippen LogP contribution in [-0.2, 0) is 0 Å². The molecule has 0 fully saturated rings. The lowest BCUT2D eigenvalue weighted by molar-refractivity contribution is 0.548. The Morgan fingerprint density at radius 1 is 0.562 bits per heavy atom. The van der Waals surface area contributed by atoms with E-state index in [1.165, 1.54) is 77.0 Å². The van der Waals surface area contributed by atoms with Gasteiger partial charge >= 0.3 is 23.1 Å². The van der Waals surface area contributed by atoms with Gasteiger partial charge in [0.15, 0.2) is 0 Å². The van der Waals surface area contributed by atoms with Gasteiger partial charge < -0.3 is 0 Å². The molecule has 0 amide bonds. The topological polar surface area (TPSA) is 0 Å². The lowest BCUT2D eigenvalue weighted by Crippen LogP contribution is -1.82. The van der Waals surface area contributed by atoms with E-state index in [0.29, 0.717) is 0 Å². The van der Waals surface area contributed by atoms with E-state index in [1.54, 1.807) is 0 Å². The van der Waals surface area contributed by atoms with Crippen molar-refractivity contribution in [2.45, 2.75) is 84.0 Å². The van der Waals surface area contributed by atoms with Crippen LogP contribution >= 0.6 is 11.6 Å². The van der Waals surface area contributed by atoms with Crippen LogP contribution in [0.25, 0.3) is 0 Å². The molecule has 0 N–H and O–H groups in total. The number of hydrogen-bond acceptors (Lipinski definition) is 0. The third-order valence-electron chi connectivity index (χ3n) is 2.99. The zero-order valence-corrected chi connectivity index (χ0v) is 11.3. The van der Waals surface area contributed by atoms with Gasteiger partial charge in [0.2, 0.25) is 0 Å². The average Bonchev–Trinajstić information content (AvgIpc) is 2.26. The standard InChI is InChI=1S/C14H29Cl.Mg.2H/c1-2-3-4-5-6-7-8-9-10-11-12-13-14-15;;;/h2-14H2,1H3;;;. The van der Waals surface area contributed by atoms with Crippen molar-refractivity contribution in [2.24, 2.45) is 0 Å². The first kappa shape index (κ1) is 19.4. The van der Waals surface area contributed by atoms with E-state index in [1.807, 2.05) is 0 Å². The van der Waals surface area contributed by atoms with Gasteiger partial charge in [-0.2, -0.15) is 0 Å². The van der Waals surface area contributed by atoms with Gasteiger partial charge in [-0.3, -0.25) is 0 Å². The van der Waals surface area contributed by atoms with E-state index < -0.39 is 0 Å². The summed E-state index contributed by atoms with van der Waals surface area (Å²) in [5.41, 5.74) is 0. The molecule has 96 valence electrons. The molecule has 0 aromatic heterocycles. The summed E-state index contributed by atoms with van der Waals surface area (Å²) in [4.78, 5) is 0. The van der Waals surface area contributed by atoms with Crippen LogP contribution in [0.2, 0.25) is 0 Å². The molecule has 0 bridgehead atoms. The third-order valence-corrected chi connectivity index (χ3v) is 3.25. The summed E-state index contributed by atoms with van der Waals surface area (Å²) in [6.45, 7) is 2.28. The highest BCUT2D eigenvalue weighted by atomic mass is 35.5. The minimum atomic E-state index is 0. The van der Waals surface area contributed by atoms with Crippen LogP contribution in [0.5, 0.6) is 0 Å². The number of hydrogen-bond donors (Lipinski definition) is 0. The molecule has 0 aliphatic rings. The van der Waals surface area contributed by atoms with Crippen molar-refractivity contribution in [3.63, 3.8) is 0 Å². The Morgan fingerprint density at radius 2 is 0.875 bits per heavy atom. The normalized spacial score (nSPS) is 10.1. The molecule has 0 radical (unpaired) electrons. The maximum atomic E-state index is 5.62. The van der Waals surface area contributed by atoms with E-state index in [0.717, 1.165) is 5.88 Å². The summed E-state index contributed by atoms with van der Waals surface area (Å²) >= 11 is 5.62. The van der Waals surface area contributed by atoms with Crippen LogP contribution in [0.4, 0.5) is 0 Å². The molecule has 0 saturated carbocycles. The van der Waals surface area contributed by atoms with Gasteiger partial charge in [0.25, 0.3) is 0 Å². The quantitative estimate of drug-likeness (QED) is 0.262. The summed E-state index contributed by atoms with van der Waals surface area (Å²) in [6, 6.07) is 0. The minimum Gasteiger partial charge on any atom is -0.127 e. The van der Waals surface area contributed by atoms with Gasteiger partial charge in [-0.25, -0.2) is 0 Å². The zero-order valence-electron chi connectivity index (χ0n) is 10.6. The maximum absolute atomic E-state index is 5.62. The second kappa shape index (κ2) is 18.4. The summed E-state index contributed by atoms with van der Waals surface area (Å²) in [5, 5.41) is 0. The van der Waals surface area contributed by atoms with Crippen molar-refractivity contribution in [3.8, 4) is 0 Å². The monoisotopic (exact) mass is 258 g/mol. The van der Waals surface area contributed by atoms with Gasteiger partial charge in [-0.15, -0.1) is 11.6 Å². The summed E-state index contributed by atoms with van der Waals surface area (Å²) < 4.78 is 0. The van der Waals surface area contributed by atoms with Gasteiger partial charge in [0, 0.05) is 5.88 Å². The Labute approximate surface area is 124 Å². The van der Waals surface area contributed by atoms with Gasteiger partial charge in [0.05, 0.1) is 0 Å². The minimum absolute atomic E-state index is 0. The Morgan fingerprint density at radius 3 is 1.19 bits per heavy atom. The molecule has 0 aliphatic heterocycles. The molecule has 0 unspecified atom stereocenters. The van der Waals surface area contributed by atoms with Crippen molar-refractivity contribution >= 4 is 34.7 Å². The summed E-state index contributed by atoms with van der Waals surface area (Å²) in [5.74, 6) is 0.845. The molecule has 0 rings (SSSR count). The zero-order chi connectivity index (χ0) is 11.2. The molecule has 0 aliphatic carbocycles. The van der Waals surface area contributed by atoms with Crippen LogP contribution < -0.4 is 0 Å². The van der Waals surface area contributed by atoms with E-state index in [9.17, 15) is 0 Å². The van der Waals surface area contributed by atoms with E-state index in [2.05, 4.69) is 6.92 Å². The fourth-order valence-corrected chi connectivity index (χ4v) is 2.12. The highest BCUT2D eigenvalue weighted by molar-refractivity contribution is 6.17. The predicted molar refractivity (Wildman–Crippen MR) is 80.3 cm³/mol. The smallest absolute Gasteiger partial charge is 0.127 e. The first-order valence-electron chi connectivity index (χ1n) is 6.97. The SMILES string of the molecule is CCCCCCCCCCCCCCCl.[MgH2]. The van der Waals surface area contributed by atoms with Crippen LogP contribution in [0.3, 0.4) is 0 Å². The molecule has 0 heterocycles. The molecule has 2 heteroatoms. The van der Waals surface area contributed by atoms with Crippen LogP contribution in [0.15, 0.2) is 0 Å². The van der Waals surface area contributed by atoms with Gasteiger partial charge in [0.1, 0.15) is 0 Å². The number of unbranched alkanes of at least 4 members (excludes halogenated alkanes) is 11. The van der Waals surface area contributed by atoms with Crippen LogP contribution in [-0.4, -0.2) is 28.9 Å². The Bertz CT molecular complexity index is 94.9. The molecule has 0 nitrogen and oxygen atoms in total. The molecule has 0 atom stereocenters. The first-order chi connectivity index (χ1) is 7.41. The molecular formula is C14H31ClMg. The number of rotatable bonds is 12. The Hall–Kier alpha value is 1.06. The van der Waals surface area contributed by atoms with Gasteiger partial charge in [-0.1, -0.05) is 77.6 Å². The van der Waals surface area contributed by atoms with Crippen LogP contribution in [0.1, 0.15) is 84.0 Å². The molecule has 0 saturated heterocycles. The maximum Gasteiger partial charge on any atom is 0.316 e. The highest BCUT2D eigenvalue weighted by Crippen LogP contribution is 2.11. The lowest BCUT2D eigenvalue weighted by atomic mass is 10.1. The fraction of sp³-hybridized carbons (Fsp3) is 1.00. The second-order valence-corrected chi connectivity index (χ2v) is 4.96. The van der Waals surface area contributed by atoms with Crippen LogP contribution in [0, 0.1) is 0 Å². The van der Waals surface area contributed by atoms with E-state index in [4.69, 9.17) is 11.6 Å². The van der Waals surface area contributed by atoms with Crippen molar-refractivity contribution in [2.75, 3.05) is 5.88 Å². The summed E-state index contributed by atoms with van der Waals surface area (Å²) in [6.07, 6.45) is 16.9. The van der Waals surface area contributed by atoms with Crippen molar-refractivity contribution in [3.05, 3.63) is 0 Å². The number of alkyl halides is 1. The largest absolute Gasteiger partial charge is 0.316 e. The van der Waals surface area contributed by atoms with Crippen molar-refractivity contribution in [1.29, 1.82) is 0 Å². The van der Waals surface area contributed by atoms with Crippen molar-refractivity contribution in [1.82, 2.24) is 0 Å². The van der Waals surface area contributed by atoms with Gasteiger partial charge in [-0.05, 0) is 6.42 Å². The Balaban J connectivity index is 0. The molecular weight excluding hydrogens is 228 g/mol. The number of halogens is 1. The van der Waals surface area contributed by atoms with E-state index in [-0.39, 0.29) is 23.1 Å². The van der Waals surface area contributed by atoms with Crippen molar-refractivity contribution < 1.29 is 0 Å². The molecule has 0 aromatic rings. The average molecular weight is 259 g/mol. The molecule has 0 spiro atoms. The first-order valence-corrected chi connectivity index (χ1v) is 7.51. The second-order valence-electron chi connectivity index (χ2n) is 4.58. The lowest BCUT2D eigenvalue weighted by Gasteiger charge is -2.01. The third kappa shape index (κ3) is 17.5. The molecule has 0 aromatic carbocycles. The summed E-state index contributed by atoms with van der Waals surface area (Å²) in [7, 11) is 0. The molecule has 16 heavy (non-hydrogen) atoms.